The van der Waals surface area contributed by atoms with Crippen LogP contribution in [0.4, 0.5) is 0 Å². The van der Waals surface area contributed by atoms with Crippen molar-refractivity contribution in [1.29, 1.82) is 0 Å². The fourth-order valence-corrected chi connectivity index (χ4v) is 3.25. The van der Waals surface area contributed by atoms with Gasteiger partial charge < -0.3 is 10.1 Å². The van der Waals surface area contributed by atoms with Crippen LogP contribution >= 0.6 is 11.3 Å². The predicted molar refractivity (Wildman–Crippen MR) is 106 cm³/mol. The summed E-state index contributed by atoms with van der Waals surface area (Å²) in [6, 6.07) is 15.7. The summed E-state index contributed by atoms with van der Waals surface area (Å²) in [5.41, 5.74) is 4.44. The van der Waals surface area contributed by atoms with Gasteiger partial charge in [0, 0.05) is 17.5 Å². The number of hydrogen-bond acceptors (Lipinski definition) is 5. The molecule has 0 atom stereocenters. The van der Waals surface area contributed by atoms with Crippen molar-refractivity contribution in [2.45, 2.75) is 20.4 Å². The van der Waals surface area contributed by atoms with Gasteiger partial charge in [0.25, 0.3) is 5.91 Å². The SMILES string of the molecule is Cc1ccc(-c2nc(C(=O)OCC(=O)NCc3ccccc3C)cs2)cc1. The zero-order valence-corrected chi connectivity index (χ0v) is 16.0. The van der Waals surface area contributed by atoms with E-state index in [0.717, 1.165) is 27.3 Å². The van der Waals surface area contributed by atoms with Crippen molar-refractivity contribution in [2.24, 2.45) is 0 Å². The number of aryl methyl sites for hydroxylation is 2. The average Bonchev–Trinajstić information content (AvgIpc) is 3.16. The molecule has 0 aliphatic carbocycles. The minimum Gasteiger partial charge on any atom is -0.451 e. The molecule has 3 aromatic rings. The molecule has 0 radical (unpaired) electrons. The molecule has 0 fully saturated rings. The molecule has 1 N–H and O–H groups in total. The third-order valence-corrected chi connectivity index (χ3v) is 4.97. The highest BCUT2D eigenvalue weighted by molar-refractivity contribution is 7.13. The lowest BCUT2D eigenvalue weighted by Crippen LogP contribution is -2.28. The van der Waals surface area contributed by atoms with Gasteiger partial charge in [-0.3, -0.25) is 4.79 Å². The van der Waals surface area contributed by atoms with Gasteiger partial charge in [0.2, 0.25) is 0 Å². The topological polar surface area (TPSA) is 68.3 Å². The second-order valence-electron chi connectivity index (χ2n) is 6.18. The van der Waals surface area contributed by atoms with Crippen LogP contribution in [0.2, 0.25) is 0 Å². The Hall–Kier alpha value is -2.99. The molecule has 138 valence electrons. The maximum atomic E-state index is 12.1. The molecule has 0 aliphatic heterocycles. The van der Waals surface area contributed by atoms with Crippen LogP contribution in [0.5, 0.6) is 0 Å². The summed E-state index contributed by atoms with van der Waals surface area (Å²) in [7, 11) is 0. The lowest BCUT2D eigenvalue weighted by atomic mass is 10.1. The number of amides is 1. The molecule has 1 heterocycles. The predicted octanol–water partition coefficient (Wildman–Crippen LogP) is 3.90. The number of carbonyl (C=O) groups excluding carboxylic acids is 2. The van der Waals surface area contributed by atoms with Crippen molar-refractivity contribution < 1.29 is 14.3 Å². The first-order valence-corrected chi connectivity index (χ1v) is 9.42. The lowest BCUT2D eigenvalue weighted by Gasteiger charge is -2.08. The van der Waals surface area contributed by atoms with E-state index >= 15 is 0 Å². The Kier molecular flexibility index (Phi) is 5.98. The summed E-state index contributed by atoms with van der Waals surface area (Å²) < 4.78 is 5.07. The van der Waals surface area contributed by atoms with Gasteiger partial charge in [-0.1, -0.05) is 54.1 Å². The van der Waals surface area contributed by atoms with Gasteiger partial charge >= 0.3 is 5.97 Å². The summed E-state index contributed by atoms with van der Waals surface area (Å²) >= 11 is 1.37. The van der Waals surface area contributed by atoms with Crippen LogP contribution in [0.1, 0.15) is 27.2 Å². The number of rotatable bonds is 6. The lowest BCUT2D eigenvalue weighted by molar-refractivity contribution is -0.124. The summed E-state index contributed by atoms with van der Waals surface area (Å²) in [6.45, 7) is 4.06. The summed E-state index contributed by atoms with van der Waals surface area (Å²) in [5, 5.41) is 5.13. The van der Waals surface area contributed by atoms with Gasteiger partial charge in [-0.25, -0.2) is 9.78 Å². The fraction of sp³-hybridized carbons (Fsp3) is 0.190. The molecule has 1 aromatic heterocycles. The van der Waals surface area contributed by atoms with E-state index in [2.05, 4.69) is 10.3 Å². The normalized spacial score (nSPS) is 10.4. The Morgan fingerprint density at radius 3 is 2.56 bits per heavy atom. The molecule has 5 nitrogen and oxygen atoms in total. The number of benzene rings is 2. The van der Waals surface area contributed by atoms with Crippen molar-refractivity contribution >= 4 is 23.2 Å². The fourth-order valence-electron chi connectivity index (χ4n) is 2.45. The molecule has 0 aliphatic rings. The third-order valence-electron chi connectivity index (χ3n) is 4.08. The highest BCUT2D eigenvalue weighted by atomic mass is 32.1. The number of ether oxygens (including phenoxy) is 1. The molecule has 27 heavy (non-hydrogen) atoms. The highest BCUT2D eigenvalue weighted by Crippen LogP contribution is 2.24. The molecule has 1 amide bonds. The number of esters is 1. The quantitative estimate of drug-likeness (QED) is 0.659. The largest absolute Gasteiger partial charge is 0.451 e. The zero-order valence-electron chi connectivity index (χ0n) is 15.2. The average molecular weight is 380 g/mol. The molecular weight excluding hydrogens is 360 g/mol. The summed E-state index contributed by atoms with van der Waals surface area (Å²) in [6.07, 6.45) is 0. The maximum Gasteiger partial charge on any atom is 0.358 e. The molecular formula is C21H20N2O3S. The van der Waals surface area contributed by atoms with E-state index in [-0.39, 0.29) is 18.2 Å². The summed E-state index contributed by atoms with van der Waals surface area (Å²) in [5.74, 6) is -0.948. The van der Waals surface area contributed by atoms with Crippen LogP contribution in [-0.2, 0) is 16.1 Å². The van der Waals surface area contributed by atoms with Crippen molar-refractivity contribution in [1.82, 2.24) is 10.3 Å². The van der Waals surface area contributed by atoms with E-state index in [9.17, 15) is 9.59 Å². The maximum absolute atomic E-state index is 12.1. The molecule has 0 spiro atoms. The number of carbonyl (C=O) groups is 2. The van der Waals surface area contributed by atoms with Gasteiger partial charge in [-0.05, 0) is 25.0 Å². The Balaban J connectivity index is 1.51. The van der Waals surface area contributed by atoms with Crippen molar-refractivity contribution in [2.75, 3.05) is 6.61 Å². The van der Waals surface area contributed by atoms with Gasteiger partial charge in [0.05, 0.1) is 0 Å². The van der Waals surface area contributed by atoms with Crippen molar-refractivity contribution in [3.63, 3.8) is 0 Å². The van der Waals surface area contributed by atoms with E-state index < -0.39 is 5.97 Å². The minimum atomic E-state index is -0.601. The molecule has 3 rings (SSSR count). The molecule has 0 bridgehead atoms. The van der Waals surface area contributed by atoms with Gasteiger partial charge in [0.15, 0.2) is 12.3 Å². The first-order valence-electron chi connectivity index (χ1n) is 8.54. The van der Waals surface area contributed by atoms with Crippen LogP contribution in [0, 0.1) is 13.8 Å². The first-order chi connectivity index (χ1) is 13.0. The van der Waals surface area contributed by atoms with Gasteiger partial charge in [0.1, 0.15) is 5.01 Å². The van der Waals surface area contributed by atoms with Crippen LogP contribution < -0.4 is 5.32 Å². The van der Waals surface area contributed by atoms with Gasteiger partial charge in [-0.15, -0.1) is 11.3 Å². The molecule has 6 heteroatoms. The first kappa shape index (κ1) is 18.8. The Morgan fingerprint density at radius 2 is 1.81 bits per heavy atom. The molecule has 0 saturated carbocycles. The van der Waals surface area contributed by atoms with Crippen LogP contribution in [0.15, 0.2) is 53.9 Å². The van der Waals surface area contributed by atoms with Gasteiger partial charge in [-0.2, -0.15) is 0 Å². The second-order valence-corrected chi connectivity index (χ2v) is 7.04. The third kappa shape index (κ3) is 5.01. The van der Waals surface area contributed by atoms with E-state index in [1.54, 1.807) is 5.38 Å². The standard InChI is InChI=1S/C21H20N2O3S/c1-14-7-9-16(10-8-14)20-23-18(13-27-20)21(25)26-12-19(24)22-11-17-6-4-3-5-15(17)2/h3-10,13H,11-12H2,1-2H3,(H,22,24). The number of thiazole rings is 1. The number of nitrogens with one attached hydrogen (secondary N) is 1. The molecule has 0 saturated heterocycles. The molecule has 0 unspecified atom stereocenters. The number of aromatic nitrogens is 1. The van der Waals surface area contributed by atoms with Crippen LogP contribution in [0.3, 0.4) is 0 Å². The number of nitrogens with zero attached hydrogens (tertiary/aromatic N) is 1. The minimum absolute atomic E-state index is 0.210. The van der Waals surface area contributed by atoms with E-state index in [1.165, 1.54) is 11.3 Å². The Bertz CT molecular complexity index is 948. The van der Waals surface area contributed by atoms with Crippen molar-refractivity contribution in [3.05, 3.63) is 76.3 Å². The summed E-state index contributed by atoms with van der Waals surface area (Å²) in [4.78, 5) is 28.3. The monoisotopic (exact) mass is 380 g/mol. The molecule has 2 aromatic carbocycles. The number of hydrogen-bond donors (Lipinski definition) is 1. The zero-order chi connectivity index (χ0) is 19.2. The van der Waals surface area contributed by atoms with Crippen LogP contribution in [0.25, 0.3) is 10.6 Å². The Morgan fingerprint density at radius 1 is 1.07 bits per heavy atom. The highest BCUT2D eigenvalue weighted by Gasteiger charge is 2.15. The smallest absolute Gasteiger partial charge is 0.358 e. The Labute approximate surface area is 162 Å². The van der Waals surface area contributed by atoms with E-state index in [0.29, 0.717) is 6.54 Å². The van der Waals surface area contributed by atoms with Crippen molar-refractivity contribution in [3.8, 4) is 10.6 Å². The second kappa shape index (κ2) is 8.60. The van der Waals surface area contributed by atoms with E-state index in [4.69, 9.17) is 4.74 Å². The van der Waals surface area contributed by atoms with Crippen LogP contribution in [-0.4, -0.2) is 23.5 Å². The van der Waals surface area contributed by atoms with E-state index in [1.807, 2.05) is 62.4 Å².